The quantitative estimate of drug-likeness (QED) is 0.774. The summed E-state index contributed by atoms with van der Waals surface area (Å²) in [6, 6.07) is 9.47. The topological polar surface area (TPSA) is 68.0 Å². The molecule has 0 aliphatic heterocycles. The Bertz CT molecular complexity index is 768. The van der Waals surface area contributed by atoms with E-state index in [2.05, 4.69) is 15.5 Å². The lowest BCUT2D eigenvalue weighted by atomic mass is 10.1. The summed E-state index contributed by atoms with van der Waals surface area (Å²) in [6.07, 6.45) is 1.70. The highest BCUT2D eigenvalue weighted by atomic mass is 16.5. The van der Waals surface area contributed by atoms with Crippen molar-refractivity contribution in [3.05, 3.63) is 53.5 Å². The van der Waals surface area contributed by atoms with Gasteiger partial charge in [-0.05, 0) is 26.0 Å². The highest BCUT2D eigenvalue weighted by molar-refractivity contribution is 6.09. The number of rotatable bonds is 2. The maximum atomic E-state index is 12.3. The number of nitrogens with zero attached hydrogens (tertiary/aromatic N) is 2. The molecule has 2 heterocycles. The number of hydrogen-bond acceptors (Lipinski definition) is 4. The Morgan fingerprint density at radius 2 is 2.00 bits per heavy atom. The van der Waals surface area contributed by atoms with E-state index < -0.39 is 0 Å². The predicted molar refractivity (Wildman–Crippen MR) is 75.7 cm³/mol. The molecule has 1 amide bonds. The number of pyridine rings is 1. The van der Waals surface area contributed by atoms with Gasteiger partial charge in [0, 0.05) is 11.6 Å². The van der Waals surface area contributed by atoms with Crippen LogP contribution in [0.1, 0.15) is 21.8 Å². The van der Waals surface area contributed by atoms with Crippen LogP contribution in [-0.4, -0.2) is 16.0 Å². The molecule has 0 atom stereocenters. The number of para-hydroxylation sites is 1. The van der Waals surface area contributed by atoms with E-state index in [1.54, 1.807) is 20.0 Å². The van der Waals surface area contributed by atoms with Crippen LogP contribution in [-0.2, 0) is 0 Å². The van der Waals surface area contributed by atoms with Crippen LogP contribution in [0, 0.1) is 13.8 Å². The number of aryl methyl sites for hydroxylation is 2. The van der Waals surface area contributed by atoms with Crippen LogP contribution >= 0.6 is 0 Å². The third kappa shape index (κ3) is 2.03. The second-order valence-corrected chi connectivity index (χ2v) is 4.53. The Hall–Kier alpha value is -2.69. The van der Waals surface area contributed by atoms with E-state index in [4.69, 9.17) is 4.52 Å². The number of fused-ring (bicyclic) bond motifs is 1. The number of anilines is 1. The van der Waals surface area contributed by atoms with Gasteiger partial charge in [0.2, 0.25) is 0 Å². The minimum Gasteiger partial charge on any atom is -0.361 e. The summed E-state index contributed by atoms with van der Waals surface area (Å²) in [5, 5.41) is 7.63. The second-order valence-electron chi connectivity index (χ2n) is 4.53. The van der Waals surface area contributed by atoms with Gasteiger partial charge in [-0.2, -0.15) is 0 Å². The first-order valence-electron chi connectivity index (χ1n) is 6.25. The number of aromatic nitrogens is 2. The fourth-order valence-electron chi connectivity index (χ4n) is 2.20. The minimum atomic E-state index is -0.237. The number of amides is 1. The molecule has 1 N–H and O–H groups in total. The van der Waals surface area contributed by atoms with Crippen molar-refractivity contribution in [3.8, 4) is 0 Å². The molecule has 5 nitrogen and oxygen atoms in total. The van der Waals surface area contributed by atoms with E-state index in [0.29, 0.717) is 22.7 Å². The largest absolute Gasteiger partial charge is 0.361 e. The van der Waals surface area contributed by atoms with Gasteiger partial charge in [0.25, 0.3) is 5.91 Å². The first-order valence-corrected chi connectivity index (χ1v) is 6.25. The van der Waals surface area contributed by atoms with Gasteiger partial charge >= 0.3 is 0 Å². The summed E-state index contributed by atoms with van der Waals surface area (Å²) >= 11 is 0. The Morgan fingerprint density at radius 1 is 1.20 bits per heavy atom. The zero-order valence-electron chi connectivity index (χ0n) is 11.2. The molecule has 0 fully saturated rings. The Labute approximate surface area is 115 Å². The van der Waals surface area contributed by atoms with Crippen molar-refractivity contribution in [2.24, 2.45) is 0 Å². The van der Waals surface area contributed by atoms with Gasteiger partial charge in [0.1, 0.15) is 11.3 Å². The van der Waals surface area contributed by atoms with Crippen LogP contribution in [0.2, 0.25) is 0 Å². The van der Waals surface area contributed by atoms with Crippen molar-refractivity contribution >= 4 is 22.5 Å². The molecule has 0 saturated carbocycles. The van der Waals surface area contributed by atoms with Gasteiger partial charge in [-0.15, -0.1) is 0 Å². The molecule has 0 aliphatic carbocycles. The molecule has 5 heteroatoms. The maximum absolute atomic E-state index is 12.3. The van der Waals surface area contributed by atoms with Crippen LogP contribution in [0.3, 0.4) is 0 Å². The molecule has 0 spiro atoms. The van der Waals surface area contributed by atoms with Gasteiger partial charge in [0.05, 0.1) is 16.9 Å². The van der Waals surface area contributed by atoms with Crippen molar-refractivity contribution in [3.63, 3.8) is 0 Å². The molecule has 20 heavy (non-hydrogen) atoms. The molecule has 3 aromatic rings. The molecular weight excluding hydrogens is 254 g/mol. The third-order valence-electron chi connectivity index (χ3n) is 3.14. The van der Waals surface area contributed by atoms with E-state index in [-0.39, 0.29) is 5.91 Å². The van der Waals surface area contributed by atoms with E-state index in [1.165, 1.54) is 0 Å². The minimum absolute atomic E-state index is 0.237. The smallest absolute Gasteiger partial charge is 0.261 e. The van der Waals surface area contributed by atoms with Crippen LogP contribution in [0.5, 0.6) is 0 Å². The van der Waals surface area contributed by atoms with Crippen LogP contribution in [0.4, 0.5) is 5.69 Å². The van der Waals surface area contributed by atoms with E-state index in [9.17, 15) is 4.79 Å². The van der Waals surface area contributed by atoms with Gasteiger partial charge in [-0.25, -0.2) is 0 Å². The molecule has 0 bridgehead atoms. The van der Waals surface area contributed by atoms with Crippen molar-refractivity contribution in [2.45, 2.75) is 13.8 Å². The fraction of sp³-hybridized carbons (Fsp3) is 0.133. The summed E-state index contributed by atoms with van der Waals surface area (Å²) < 4.78 is 5.02. The molecule has 0 aliphatic rings. The summed E-state index contributed by atoms with van der Waals surface area (Å²) in [4.78, 5) is 16.6. The zero-order valence-corrected chi connectivity index (χ0v) is 11.2. The standard InChI is InChI=1S/C15H13N3O2/c1-9-13(10(2)20-18-9)15(19)17-12-7-3-5-11-6-4-8-16-14(11)12/h3-8H,1-2H3,(H,17,19). The van der Waals surface area contributed by atoms with Crippen molar-refractivity contribution in [1.29, 1.82) is 0 Å². The van der Waals surface area contributed by atoms with Crippen molar-refractivity contribution < 1.29 is 9.32 Å². The SMILES string of the molecule is Cc1noc(C)c1C(=O)Nc1cccc2cccnc12. The van der Waals surface area contributed by atoms with Gasteiger partial charge in [-0.1, -0.05) is 23.4 Å². The molecular formula is C15H13N3O2. The van der Waals surface area contributed by atoms with E-state index >= 15 is 0 Å². The molecule has 0 unspecified atom stereocenters. The van der Waals surface area contributed by atoms with E-state index in [0.717, 1.165) is 10.9 Å². The summed E-state index contributed by atoms with van der Waals surface area (Å²) in [6.45, 7) is 3.46. The van der Waals surface area contributed by atoms with Gasteiger partial charge < -0.3 is 9.84 Å². The average Bonchev–Trinajstić information content (AvgIpc) is 2.78. The highest BCUT2D eigenvalue weighted by Crippen LogP contribution is 2.22. The predicted octanol–water partition coefficient (Wildman–Crippen LogP) is 3.09. The molecule has 1 aromatic carbocycles. The molecule has 0 saturated heterocycles. The van der Waals surface area contributed by atoms with Crippen molar-refractivity contribution in [2.75, 3.05) is 5.32 Å². The zero-order chi connectivity index (χ0) is 14.1. The summed E-state index contributed by atoms with van der Waals surface area (Å²) in [7, 11) is 0. The van der Waals surface area contributed by atoms with Gasteiger partial charge in [0.15, 0.2) is 0 Å². The second kappa shape index (κ2) is 4.77. The number of benzene rings is 1. The normalized spacial score (nSPS) is 10.7. The Morgan fingerprint density at radius 3 is 2.75 bits per heavy atom. The summed E-state index contributed by atoms with van der Waals surface area (Å²) in [5.74, 6) is 0.271. The molecule has 2 aromatic heterocycles. The van der Waals surface area contributed by atoms with Crippen molar-refractivity contribution in [1.82, 2.24) is 10.1 Å². The Balaban J connectivity index is 2.00. The number of carbonyl (C=O) groups excluding carboxylic acids is 1. The van der Waals surface area contributed by atoms with E-state index in [1.807, 2.05) is 30.3 Å². The van der Waals surface area contributed by atoms with Gasteiger partial charge in [-0.3, -0.25) is 9.78 Å². The number of carbonyl (C=O) groups is 1. The van der Waals surface area contributed by atoms with Crippen LogP contribution in [0.15, 0.2) is 41.1 Å². The third-order valence-corrected chi connectivity index (χ3v) is 3.14. The Kier molecular flexibility index (Phi) is 2.95. The first-order chi connectivity index (χ1) is 9.66. The molecule has 3 rings (SSSR count). The lowest BCUT2D eigenvalue weighted by Gasteiger charge is -2.07. The first kappa shape index (κ1) is 12.3. The number of hydrogen-bond donors (Lipinski definition) is 1. The summed E-state index contributed by atoms with van der Waals surface area (Å²) in [5.41, 5.74) is 2.48. The monoisotopic (exact) mass is 267 g/mol. The lowest BCUT2D eigenvalue weighted by molar-refractivity contribution is 0.102. The highest BCUT2D eigenvalue weighted by Gasteiger charge is 2.18. The fourth-order valence-corrected chi connectivity index (χ4v) is 2.20. The maximum Gasteiger partial charge on any atom is 0.261 e. The lowest BCUT2D eigenvalue weighted by Crippen LogP contribution is -2.14. The molecule has 100 valence electrons. The molecule has 0 radical (unpaired) electrons. The number of nitrogens with one attached hydrogen (secondary N) is 1. The van der Waals surface area contributed by atoms with Crippen LogP contribution < -0.4 is 5.32 Å². The van der Waals surface area contributed by atoms with Crippen LogP contribution in [0.25, 0.3) is 10.9 Å². The average molecular weight is 267 g/mol.